The molecule has 0 amide bonds. The lowest BCUT2D eigenvalue weighted by Gasteiger charge is -2.06. The monoisotopic (exact) mass is 344 g/mol. The molecule has 2 aromatic carbocycles. The number of rotatable bonds is 3. The molecular weight excluding hydrogens is 332 g/mol. The number of H-pyrrole nitrogens is 2. The van der Waals surface area contributed by atoms with Crippen LogP contribution in [0.3, 0.4) is 0 Å². The van der Waals surface area contributed by atoms with Crippen LogP contribution in [0.4, 0.5) is 0 Å². The average molecular weight is 344 g/mol. The van der Waals surface area contributed by atoms with Gasteiger partial charge in [-0.15, -0.1) is 0 Å². The highest BCUT2D eigenvalue weighted by molar-refractivity contribution is 5.79. The molecule has 8 nitrogen and oxygen atoms in total. The number of aromatic amines is 2. The third kappa shape index (κ3) is 2.32. The fourth-order valence-corrected chi connectivity index (χ4v) is 2.80. The Morgan fingerprint density at radius 1 is 1.04 bits per heavy atom. The highest BCUT2D eigenvalue weighted by atomic mass is 16.5. The van der Waals surface area contributed by atoms with Gasteiger partial charge in [0, 0.05) is 11.5 Å². The molecule has 0 saturated heterocycles. The molecule has 5 aromatic rings. The molecule has 0 atom stereocenters. The van der Waals surface area contributed by atoms with Crippen molar-refractivity contribution in [2.75, 3.05) is 0 Å². The van der Waals surface area contributed by atoms with Crippen molar-refractivity contribution in [2.24, 2.45) is 0 Å². The van der Waals surface area contributed by atoms with E-state index >= 15 is 0 Å². The zero-order valence-electron chi connectivity index (χ0n) is 13.4. The molecular formula is C18H12N6O2. The maximum absolute atomic E-state index is 12.4. The van der Waals surface area contributed by atoms with Crippen LogP contribution in [-0.4, -0.2) is 29.9 Å². The van der Waals surface area contributed by atoms with Gasteiger partial charge in [0.2, 0.25) is 0 Å². The molecule has 3 aromatic heterocycles. The summed E-state index contributed by atoms with van der Waals surface area (Å²) in [6.07, 6.45) is 3.22. The Labute approximate surface area is 146 Å². The van der Waals surface area contributed by atoms with E-state index in [0.717, 1.165) is 16.6 Å². The first-order chi connectivity index (χ1) is 12.8. The van der Waals surface area contributed by atoms with E-state index in [1.807, 2.05) is 36.4 Å². The van der Waals surface area contributed by atoms with Crippen molar-refractivity contribution in [3.05, 3.63) is 71.3 Å². The Hall–Kier alpha value is -3.94. The van der Waals surface area contributed by atoms with E-state index in [2.05, 4.69) is 25.3 Å². The van der Waals surface area contributed by atoms with Crippen LogP contribution < -0.4 is 10.3 Å². The Morgan fingerprint density at radius 3 is 2.81 bits per heavy atom. The Bertz CT molecular complexity index is 1290. The first-order valence-electron chi connectivity index (χ1n) is 7.92. The molecule has 0 unspecified atom stereocenters. The van der Waals surface area contributed by atoms with Gasteiger partial charge in [0.1, 0.15) is 11.1 Å². The predicted octanol–water partition coefficient (Wildman–Crippen LogP) is 2.78. The smallest absolute Gasteiger partial charge is 0.304 e. The molecule has 0 radical (unpaired) electrons. The first-order valence-corrected chi connectivity index (χ1v) is 7.92. The van der Waals surface area contributed by atoms with Crippen LogP contribution in [0.2, 0.25) is 0 Å². The zero-order valence-corrected chi connectivity index (χ0v) is 13.4. The lowest BCUT2D eigenvalue weighted by molar-refractivity contribution is 0.442. The van der Waals surface area contributed by atoms with E-state index in [1.165, 1.54) is 6.20 Å². The molecule has 0 fully saturated rings. The third-order valence-electron chi connectivity index (χ3n) is 4.05. The molecule has 0 spiro atoms. The summed E-state index contributed by atoms with van der Waals surface area (Å²) in [4.78, 5) is 19.4. The summed E-state index contributed by atoms with van der Waals surface area (Å²) in [6, 6.07) is 15.0. The SMILES string of the molecule is O=c1[nH]c(Oc2ccc3cn[nH]c3c2)nc2c1cnn2-c1ccccc1. The number of hydrogen-bond donors (Lipinski definition) is 2. The van der Waals surface area contributed by atoms with Gasteiger partial charge in [-0.05, 0) is 24.3 Å². The minimum absolute atomic E-state index is 0.0963. The minimum atomic E-state index is -0.310. The van der Waals surface area contributed by atoms with Crippen LogP contribution in [-0.2, 0) is 0 Å². The van der Waals surface area contributed by atoms with Crippen LogP contribution in [0.25, 0.3) is 27.6 Å². The quantitative estimate of drug-likeness (QED) is 0.524. The van der Waals surface area contributed by atoms with Gasteiger partial charge in [-0.3, -0.25) is 14.9 Å². The lowest BCUT2D eigenvalue weighted by atomic mass is 10.2. The van der Waals surface area contributed by atoms with Crippen molar-refractivity contribution in [1.29, 1.82) is 0 Å². The van der Waals surface area contributed by atoms with E-state index in [0.29, 0.717) is 16.8 Å². The zero-order chi connectivity index (χ0) is 17.5. The van der Waals surface area contributed by atoms with Crippen molar-refractivity contribution in [3.63, 3.8) is 0 Å². The van der Waals surface area contributed by atoms with Gasteiger partial charge in [0.15, 0.2) is 5.65 Å². The number of hydrogen-bond acceptors (Lipinski definition) is 5. The fraction of sp³-hybridized carbons (Fsp3) is 0. The van der Waals surface area contributed by atoms with Crippen molar-refractivity contribution < 1.29 is 4.74 Å². The highest BCUT2D eigenvalue weighted by Gasteiger charge is 2.12. The van der Waals surface area contributed by atoms with Crippen molar-refractivity contribution >= 4 is 21.9 Å². The number of ether oxygens (including phenoxy) is 1. The van der Waals surface area contributed by atoms with Crippen LogP contribution in [0.5, 0.6) is 11.8 Å². The van der Waals surface area contributed by atoms with E-state index in [4.69, 9.17) is 4.74 Å². The molecule has 5 rings (SSSR count). The van der Waals surface area contributed by atoms with Gasteiger partial charge in [-0.1, -0.05) is 18.2 Å². The summed E-state index contributed by atoms with van der Waals surface area (Å²) in [6.45, 7) is 0. The lowest BCUT2D eigenvalue weighted by Crippen LogP contribution is -2.10. The van der Waals surface area contributed by atoms with Crippen molar-refractivity contribution in [1.82, 2.24) is 29.9 Å². The first kappa shape index (κ1) is 14.4. The summed E-state index contributed by atoms with van der Waals surface area (Å²) in [5.74, 6) is 0.537. The third-order valence-corrected chi connectivity index (χ3v) is 4.05. The standard InChI is InChI=1S/C18H12N6O2/c25-17-14-10-20-24(12-4-2-1-3-5-12)16(14)21-18(22-17)26-13-7-6-11-9-19-23-15(11)8-13/h1-10H,(H,19,23)(H,21,22,25). The number of nitrogens with one attached hydrogen (secondary N) is 2. The van der Waals surface area contributed by atoms with E-state index in [-0.39, 0.29) is 11.6 Å². The van der Waals surface area contributed by atoms with Crippen LogP contribution in [0.15, 0.2) is 65.7 Å². The van der Waals surface area contributed by atoms with Gasteiger partial charge >= 0.3 is 6.01 Å². The Morgan fingerprint density at radius 2 is 1.92 bits per heavy atom. The fourth-order valence-electron chi connectivity index (χ4n) is 2.80. The molecule has 0 aliphatic carbocycles. The van der Waals surface area contributed by atoms with Crippen LogP contribution in [0, 0.1) is 0 Å². The Kier molecular flexibility index (Phi) is 3.08. The molecule has 0 aliphatic heterocycles. The van der Waals surface area contributed by atoms with Gasteiger partial charge in [-0.2, -0.15) is 15.2 Å². The second-order valence-corrected chi connectivity index (χ2v) is 5.72. The predicted molar refractivity (Wildman–Crippen MR) is 95.7 cm³/mol. The number of aromatic nitrogens is 6. The van der Waals surface area contributed by atoms with Crippen LogP contribution >= 0.6 is 0 Å². The second kappa shape index (κ2) is 5.55. The maximum atomic E-state index is 12.4. The van der Waals surface area contributed by atoms with Gasteiger partial charge in [-0.25, -0.2) is 4.68 Å². The van der Waals surface area contributed by atoms with Crippen LogP contribution in [0.1, 0.15) is 0 Å². The summed E-state index contributed by atoms with van der Waals surface area (Å²) in [5, 5.41) is 12.5. The van der Waals surface area contributed by atoms with E-state index in [9.17, 15) is 4.79 Å². The minimum Gasteiger partial charge on any atom is -0.425 e. The highest BCUT2D eigenvalue weighted by Crippen LogP contribution is 2.23. The summed E-state index contributed by atoms with van der Waals surface area (Å²) in [7, 11) is 0. The number of fused-ring (bicyclic) bond motifs is 2. The topological polar surface area (TPSA) is 101 Å². The molecule has 3 heterocycles. The number of para-hydroxylation sites is 1. The number of benzene rings is 2. The van der Waals surface area contributed by atoms with E-state index < -0.39 is 0 Å². The molecule has 0 bridgehead atoms. The number of nitrogens with zero attached hydrogens (tertiary/aromatic N) is 4. The van der Waals surface area contributed by atoms with Crippen molar-refractivity contribution in [3.8, 4) is 17.4 Å². The average Bonchev–Trinajstić information content (AvgIpc) is 3.29. The maximum Gasteiger partial charge on any atom is 0.304 e. The summed E-state index contributed by atoms with van der Waals surface area (Å²) >= 11 is 0. The summed E-state index contributed by atoms with van der Waals surface area (Å²) in [5.41, 5.74) is 1.76. The largest absolute Gasteiger partial charge is 0.425 e. The second-order valence-electron chi connectivity index (χ2n) is 5.72. The molecule has 8 heteroatoms. The molecule has 2 N–H and O–H groups in total. The Balaban J connectivity index is 1.61. The molecule has 126 valence electrons. The van der Waals surface area contributed by atoms with Gasteiger partial charge < -0.3 is 4.74 Å². The van der Waals surface area contributed by atoms with E-state index in [1.54, 1.807) is 23.0 Å². The summed E-state index contributed by atoms with van der Waals surface area (Å²) < 4.78 is 7.36. The van der Waals surface area contributed by atoms with Gasteiger partial charge in [0.25, 0.3) is 5.56 Å². The molecule has 0 aliphatic rings. The molecule has 26 heavy (non-hydrogen) atoms. The van der Waals surface area contributed by atoms with Gasteiger partial charge in [0.05, 0.1) is 23.6 Å². The van der Waals surface area contributed by atoms with Crippen molar-refractivity contribution in [2.45, 2.75) is 0 Å². The molecule has 0 saturated carbocycles. The normalized spacial score (nSPS) is 11.2.